The SMILES string of the molecule is CC/C=C(\C)CC.CCC(C)(C)C(=O)OC.CCC(C)c1ccccc1. The molecule has 0 aromatic heterocycles. The molecule has 0 bridgehead atoms. The van der Waals surface area contributed by atoms with E-state index in [0.717, 1.165) is 6.42 Å². The van der Waals surface area contributed by atoms with Gasteiger partial charge in [0.1, 0.15) is 0 Å². The molecule has 0 aliphatic rings. The van der Waals surface area contributed by atoms with Gasteiger partial charge in [-0.15, -0.1) is 0 Å². The Bertz CT molecular complexity index is 486. The fourth-order valence-corrected chi connectivity index (χ4v) is 1.93. The van der Waals surface area contributed by atoms with Crippen LogP contribution in [0.1, 0.15) is 92.6 Å². The highest BCUT2D eigenvalue weighted by molar-refractivity contribution is 5.75. The van der Waals surface area contributed by atoms with Gasteiger partial charge in [0.15, 0.2) is 0 Å². The van der Waals surface area contributed by atoms with Gasteiger partial charge in [-0.05, 0) is 57.9 Å². The maximum absolute atomic E-state index is 10.8. The maximum Gasteiger partial charge on any atom is 0.311 e. The summed E-state index contributed by atoms with van der Waals surface area (Å²) in [6.45, 7) is 16.7. The predicted molar refractivity (Wildman–Crippen MR) is 116 cm³/mol. The lowest BCUT2D eigenvalue weighted by molar-refractivity contribution is -0.150. The number of allylic oxidation sites excluding steroid dienone is 2. The Morgan fingerprint density at radius 2 is 1.65 bits per heavy atom. The molecule has 0 spiro atoms. The quantitative estimate of drug-likeness (QED) is 0.386. The number of carbonyl (C=O) groups excluding carboxylic acids is 1. The van der Waals surface area contributed by atoms with Crippen LogP contribution in [0.15, 0.2) is 42.0 Å². The van der Waals surface area contributed by atoms with Crippen LogP contribution >= 0.6 is 0 Å². The van der Waals surface area contributed by atoms with Crippen LogP contribution in [0.4, 0.5) is 0 Å². The summed E-state index contributed by atoms with van der Waals surface area (Å²) < 4.78 is 4.57. The van der Waals surface area contributed by atoms with E-state index in [2.05, 4.69) is 75.8 Å². The fraction of sp³-hybridized carbons (Fsp3) is 0.625. The van der Waals surface area contributed by atoms with E-state index >= 15 is 0 Å². The molecule has 1 aromatic rings. The molecule has 0 saturated heterocycles. The van der Waals surface area contributed by atoms with Gasteiger partial charge < -0.3 is 4.74 Å². The molecule has 2 nitrogen and oxygen atoms in total. The monoisotopic (exact) mass is 362 g/mol. The summed E-state index contributed by atoms with van der Waals surface area (Å²) in [6, 6.07) is 10.6. The van der Waals surface area contributed by atoms with Crippen molar-refractivity contribution in [3.63, 3.8) is 0 Å². The molecule has 0 heterocycles. The Morgan fingerprint density at radius 3 is 1.92 bits per heavy atom. The molecule has 0 saturated carbocycles. The highest BCUT2D eigenvalue weighted by atomic mass is 16.5. The Balaban J connectivity index is 0. The standard InChI is InChI=1S/C10H14.C7H14O2.C7H14/c1-3-9(2)10-7-5-4-6-8-10;1-5-7(2,3)6(8)9-4;1-4-6-7(3)5-2/h4-9H,3H2,1-2H3;5H2,1-4H3;6H,4-5H2,1-3H3/b;;7-6+. The Labute approximate surface area is 163 Å². The second-order valence-corrected chi connectivity index (χ2v) is 7.26. The molecule has 0 amide bonds. The van der Waals surface area contributed by atoms with E-state index in [1.807, 2.05) is 20.8 Å². The average Bonchev–Trinajstić information content (AvgIpc) is 2.68. The minimum Gasteiger partial charge on any atom is -0.469 e. The third-order valence-electron chi connectivity index (χ3n) is 4.71. The summed E-state index contributed by atoms with van der Waals surface area (Å²) in [4.78, 5) is 10.8. The van der Waals surface area contributed by atoms with Crippen molar-refractivity contribution in [1.82, 2.24) is 0 Å². The number of benzene rings is 1. The van der Waals surface area contributed by atoms with Gasteiger partial charge in [0.2, 0.25) is 0 Å². The molecule has 0 aliphatic carbocycles. The minimum atomic E-state index is -0.311. The first kappa shape index (κ1) is 26.7. The molecular formula is C24H42O2. The van der Waals surface area contributed by atoms with Gasteiger partial charge in [-0.3, -0.25) is 4.79 Å². The zero-order valence-corrected chi connectivity index (χ0v) is 18.7. The second kappa shape index (κ2) is 15.7. The van der Waals surface area contributed by atoms with Gasteiger partial charge in [-0.2, -0.15) is 0 Å². The lowest BCUT2D eigenvalue weighted by atomic mass is 9.91. The number of esters is 1. The van der Waals surface area contributed by atoms with Gasteiger partial charge in [0.05, 0.1) is 12.5 Å². The zero-order valence-electron chi connectivity index (χ0n) is 18.7. The fourth-order valence-electron chi connectivity index (χ4n) is 1.93. The van der Waals surface area contributed by atoms with Crippen molar-refractivity contribution in [2.24, 2.45) is 5.41 Å². The third kappa shape index (κ3) is 12.7. The summed E-state index contributed by atoms with van der Waals surface area (Å²) in [5.74, 6) is 0.575. The largest absolute Gasteiger partial charge is 0.469 e. The molecule has 1 unspecified atom stereocenters. The lowest BCUT2D eigenvalue weighted by Crippen LogP contribution is -2.24. The lowest BCUT2D eigenvalue weighted by Gasteiger charge is -2.17. The molecule has 2 heteroatoms. The van der Waals surface area contributed by atoms with Gasteiger partial charge in [0.25, 0.3) is 0 Å². The molecule has 0 fully saturated rings. The first-order valence-electron chi connectivity index (χ1n) is 9.98. The van der Waals surface area contributed by atoms with Crippen LogP contribution in [0.2, 0.25) is 0 Å². The van der Waals surface area contributed by atoms with Gasteiger partial charge in [0, 0.05) is 0 Å². The molecule has 0 radical (unpaired) electrons. The Morgan fingerprint density at radius 1 is 1.12 bits per heavy atom. The molecule has 0 aliphatic heterocycles. The van der Waals surface area contributed by atoms with Crippen molar-refractivity contribution >= 4 is 5.97 Å². The summed E-state index contributed by atoms with van der Waals surface area (Å²) in [7, 11) is 1.42. The van der Waals surface area contributed by atoms with E-state index in [4.69, 9.17) is 0 Å². The van der Waals surface area contributed by atoms with Crippen LogP contribution in [0.3, 0.4) is 0 Å². The highest BCUT2D eigenvalue weighted by Gasteiger charge is 2.25. The third-order valence-corrected chi connectivity index (χ3v) is 4.71. The number of hydrogen-bond donors (Lipinski definition) is 0. The Hall–Kier alpha value is -1.57. The molecule has 1 rings (SSSR count). The van der Waals surface area contributed by atoms with Crippen LogP contribution in [0.5, 0.6) is 0 Å². The van der Waals surface area contributed by atoms with Crippen LogP contribution in [-0.4, -0.2) is 13.1 Å². The van der Waals surface area contributed by atoms with Gasteiger partial charge in [-0.1, -0.05) is 76.6 Å². The highest BCUT2D eigenvalue weighted by Crippen LogP contribution is 2.20. The molecule has 0 N–H and O–H groups in total. The topological polar surface area (TPSA) is 26.3 Å². The van der Waals surface area contributed by atoms with Crippen molar-refractivity contribution in [3.8, 4) is 0 Å². The Kier molecular flexibility index (Phi) is 16.1. The summed E-state index contributed by atoms with van der Waals surface area (Å²) in [5, 5.41) is 0. The van der Waals surface area contributed by atoms with E-state index < -0.39 is 0 Å². The van der Waals surface area contributed by atoms with E-state index in [1.54, 1.807) is 0 Å². The van der Waals surface area contributed by atoms with Crippen molar-refractivity contribution in [2.45, 2.75) is 87.0 Å². The maximum atomic E-state index is 10.8. The van der Waals surface area contributed by atoms with Crippen LogP contribution in [0, 0.1) is 5.41 Å². The number of hydrogen-bond acceptors (Lipinski definition) is 2. The summed E-state index contributed by atoms with van der Waals surface area (Å²) in [6.07, 6.45) is 6.69. The van der Waals surface area contributed by atoms with Gasteiger partial charge >= 0.3 is 5.97 Å². The average molecular weight is 363 g/mol. The van der Waals surface area contributed by atoms with Crippen LogP contribution < -0.4 is 0 Å². The molecule has 1 aromatic carbocycles. The van der Waals surface area contributed by atoms with E-state index in [9.17, 15) is 4.79 Å². The molecule has 1 atom stereocenters. The van der Waals surface area contributed by atoms with Crippen molar-refractivity contribution in [1.29, 1.82) is 0 Å². The van der Waals surface area contributed by atoms with E-state index in [1.165, 1.54) is 37.5 Å². The first-order chi connectivity index (χ1) is 12.2. The first-order valence-corrected chi connectivity index (χ1v) is 9.98. The van der Waals surface area contributed by atoms with Gasteiger partial charge in [-0.25, -0.2) is 0 Å². The number of rotatable bonds is 6. The smallest absolute Gasteiger partial charge is 0.311 e. The van der Waals surface area contributed by atoms with E-state index in [-0.39, 0.29) is 11.4 Å². The van der Waals surface area contributed by atoms with Crippen LogP contribution in [-0.2, 0) is 9.53 Å². The number of methoxy groups -OCH3 is 1. The normalized spacial score (nSPS) is 12.1. The number of carbonyl (C=O) groups is 1. The van der Waals surface area contributed by atoms with E-state index in [0.29, 0.717) is 5.92 Å². The summed E-state index contributed by atoms with van der Waals surface area (Å²) in [5.41, 5.74) is 2.64. The summed E-state index contributed by atoms with van der Waals surface area (Å²) >= 11 is 0. The van der Waals surface area contributed by atoms with Crippen molar-refractivity contribution in [3.05, 3.63) is 47.5 Å². The minimum absolute atomic E-state index is 0.134. The molecule has 150 valence electrons. The number of ether oxygens (including phenoxy) is 1. The van der Waals surface area contributed by atoms with Crippen molar-refractivity contribution < 1.29 is 9.53 Å². The molecule has 26 heavy (non-hydrogen) atoms. The molecular weight excluding hydrogens is 320 g/mol. The predicted octanol–water partition coefficient (Wildman–Crippen LogP) is 7.55. The van der Waals surface area contributed by atoms with Crippen molar-refractivity contribution in [2.75, 3.05) is 7.11 Å². The second-order valence-electron chi connectivity index (χ2n) is 7.26. The zero-order chi connectivity index (χ0) is 20.6. The van der Waals surface area contributed by atoms with Crippen LogP contribution in [0.25, 0.3) is 0 Å².